The Morgan fingerprint density at radius 1 is 0.487 bits per heavy atom. The van der Waals surface area contributed by atoms with Crippen LogP contribution in [-0.4, -0.2) is 4.98 Å². The topological polar surface area (TPSA) is 31.4 Å². The molecule has 3 nitrogen and oxygen atoms in total. The Kier molecular flexibility index (Phi) is 5.11. The molecule has 0 saturated carbocycles. The highest BCUT2D eigenvalue weighted by molar-refractivity contribution is 7.80. The molecule has 0 saturated heterocycles. The second-order valence-corrected chi connectivity index (χ2v) is 11.7. The zero-order chi connectivity index (χ0) is 25.8. The lowest BCUT2D eigenvalue weighted by atomic mass is 10.0. The first kappa shape index (κ1) is 22.3. The molecule has 184 valence electrons. The molecule has 4 heteroatoms. The normalized spacial score (nSPS) is 12.9. The van der Waals surface area contributed by atoms with Gasteiger partial charge in [-0.05, 0) is 35.4 Å². The predicted molar refractivity (Wildman–Crippen MR) is 159 cm³/mol. The molecule has 2 aliphatic rings. The van der Waals surface area contributed by atoms with Gasteiger partial charge in [-0.15, -0.1) is 0 Å². The molecular formula is C35H22NO2P. The molecular weight excluding hydrogens is 497 g/mol. The van der Waals surface area contributed by atoms with Crippen molar-refractivity contribution in [3.8, 4) is 56.5 Å². The number of hydrogen-bond acceptors (Lipinski definition) is 3. The first-order valence-electron chi connectivity index (χ1n) is 13.0. The lowest BCUT2D eigenvalue weighted by molar-refractivity contribution is 0.468. The van der Waals surface area contributed by atoms with Crippen molar-refractivity contribution in [3.05, 3.63) is 134 Å². The van der Waals surface area contributed by atoms with Gasteiger partial charge >= 0.3 is 0 Å². The first-order valence-corrected chi connectivity index (χ1v) is 14.3. The van der Waals surface area contributed by atoms with E-state index in [2.05, 4.69) is 102 Å². The first-order chi connectivity index (χ1) is 19.3. The van der Waals surface area contributed by atoms with Crippen LogP contribution >= 0.6 is 7.92 Å². The summed E-state index contributed by atoms with van der Waals surface area (Å²) in [6.07, 6.45) is 1.82. The van der Waals surface area contributed by atoms with Crippen LogP contribution in [-0.2, 0) is 0 Å². The fraction of sp³-hybridized carbons (Fsp3) is 0. The molecule has 0 bridgehead atoms. The van der Waals surface area contributed by atoms with E-state index in [0.29, 0.717) is 0 Å². The van der Waals surface area contributed by atoms with Gasteiger partial charge in [0.1, 0.15) is 23.0 Å². The molecule has 2 aliphatic heterocycles. The van der Waals surface area contributed by atoms with Crippen molar-refractivity contribution in [2.24, 2.45) is 0 Å². The average molecular weight is 520 g/mol. The predicted octanol–water partition coefficient (Wildman–Crippen LogP) is 8.05. The van der Waals surface area contributed by atoms with E-state index in [9.17, 15) is 0 Å². The number of fused-ring (bicyclic) bond motifs is 4. The van der Waals surface area contributed by atoms with Crippen LogP contribution in [0.2, 0.25) is 0 Å². The average Bonchev–Trinajstić information content (AvgIpc) is 3.01. The van der Waals surface area contributed by atoms with E-state index in [1.165, 1.54) is 10.6 Å². The zero-order valence-corrected chi connectivity index (χ0v) is 21.8. The molecule has 39 heavy (non-hydrogen) atoms. The van der Waals surface area contributed by atoms with E-state index in [4.69, 9.17) is 9.47 Å². The van der Waals surface area contributed by atoms with Crippen LogP contribution in [0.1, 0.15) is 0 Å². The number of hydrogen-bond donors (Lipinski definition) is 0. The van der Waals surface area contributed by atoms with Gasteiger partial charge in [-0.2, -0.15) is 0 Å². The van der Waals surface area contributed by atoms with E-state index < -0.39 is 7.92 Å². The van der Waals surface area contributed by atoms with E-state index >= 15 is 0 Å². The molecule has 5 aromatic carbocycles. The lowest BCUT2D eigenvalue weighted by Crippen LogP contribution is -2.32. The van der Waals surface area contributed by atoms with Crippen LogP contribution in [0.5, 0.6) is 23.0 Å². The molecule has 3 heterocycles. The van der Waals surface area contributed by atoms with Gasteiger partial charge in [0.25, 0.3) is 0 Å². The molecule has 0 spiro atoms. The number of nitrogens with zero attached hydrogens (tertiary/aromatic N) is 1. The number of para-hydroxylation sites is 2. The van der Waals surface area contributed by atoms with Crippen molar-refractivity contribution in [1.29, 1.82) is 0 Å². The highest BCUT2D eigenvalue weighted by Crippen LogP contribution is 2.56. The van der Waals surface area contributed by atoms with Crippen molar-refractivity contribution >= 4 is 23.8 Å². The van der Waals surface area contributed by atoms with Crippen LogP contribution in [0.4, 0.5) is 0 Å². The van der Waals surface area contributed by atoms with Crippen LogP contribution in [0, 0.1) is 0 Å². The molecule has 0 N–H and O–H groups in total. The van der Waals surface area contributed by atoms with Crippen molar-refractivity contribution in [2.45, 2.75) is 0 Å². The third kappa shape index (κ3) is 3.59. The molecule has 0 fully saturated rings. The minimum absolute atomic E-state index is 0.839. The highest BCUT2D eigenvalue weighted by atomic mass is 31.1. The Morgan fingerprint density at radius 3 is 1.54 bits per heavy atom. The lowest BCUT2D eigenvalue weighted by Gasteiger charge is -2.36. The third-order valence-electron chi connectivity index (χ3n) is 7.29. The molecule has 1 aromatic heterocycles. The Morgan fingerprint density at radius 2 is 1.03 bits per heavy atom. The Hall–Kier alpha value is -4.72. The second-order valence-electron chi connectivity index (χ2n) is 9.62. The molecule has 0 atom stereocenters. The Bertz CT molecular complexity index is 1740. The molecule has 0 aliphatic carbocycles. The second kappa shape index (κ2) is 8.94. The van der Waals surface area contributed by atoms with Crippen LogP contribution in [0.15, 0.2) is 134 Å². The summed E-state index contributed by atoms with van der Waals surface area (Å²) in [5.74, 6) is 3.52. The van der Waals surface area contributed by atoms with Gasteiger partial charge in [-0.25, -0.2) is 0 Å². The molecule has 8 rings (SSSR count). The van der Waals surface area contributed by atoms with Gasteiger partial charge in [0.05, 0.1) is 11.0 Å². The summed E-state index contributed by atoms with van der Waals surface area (Å²) >= 11 is 0. The maximum atomic E-state index is 6.81. The minimum Gasteiger partial charge on any atom is -0.455 e. The minimum atomic E-state index is -0.916. The van der Waals surface area contributed by atoms with Crippen molar-refractivity contribution < 1.29 is 9.47 Å². The maximum Gasteiger partial charge on any atom is 0.143 e. The summed E-state index contributed by atoms with van der Waals surface area (Å²) < 4.78 is 13.6. The summed E-state index contributed by atoms with van der Waals surface area (Å²) in [5, 5.41) is 3.54. The maximum absolute atomic E-state index is 6.81. The molecule has 0 amide bonds. The Labute approximate surface area is 228 Å². The summed E-state index contributed by atoms with van der Waals surface area (Å²) in [7, 11) is -0.916. The van der Waals surface area contributed by atoms with Gasteiger partial charge in [0.2, 0.25) is 0 Å². The number of ether oxygens (including phenoxy) is 2. The van der Waals surface area contributed by atoms with Crippen molar-refractivity contribution in [1.82, 2.24) is 4.98 Å². The number of rotatable bonds is 3. The van der Waals surface area contributed by atoms with Gasteiger partial charge in [-0.1, -0.05) is 103 Å². The van der Waals surface area contributed by atoms with Gasteiger partial charge < -0.3 is 9.47 Å². The zero-order valence-electron chi connectivity index (χ0n) is 20.9. The largest absolute Gasteiger partial charge is 0.455 e. The van der Waals surface area contributed by atoms with Crippen LogP contribution < -0.4 is 25.4 Å². The molecule has 0 unspecified atom stereocenters. The summed E-state index contributed by atoms with van der Waals surface area (Å²) in [6.45, 7) is 0. The number of aromatic nitrogens is 1. The van der Waals surface area contributed by atoms with Gasteiger partial charge in [0.15, 0.2) is 0 Å². The smallest absolute Gasteiger partial charge is 0.143 e. The van der Waals surface area contributed by atoms with Gasteiger partial charge in [-0.3, -0.25) is 4.98 Å². The SMILES string of the molecule is c1ccc(-c2cccc3c2Oc2cc(-c4ccccn4)cc4c2P3c2cccc(-c3ccccc3)c2O4)cc1. The fourth-order valence-corrected chi connectivity index (χ4v) is 8.15. The van der Waals surface area contributed by atoms with E-state index in [1.54, 1.807) is 0 Å². The van der Waals surface area contributed by atoms with Gasteiger partial charge in [0, 0.05) is 41.4 Å². The summed E-state index contributed by atoms with van der Waals surface area (Å²) in [5.41, 5.74) is 6.33. The van der Waals surface area contributed by atoms with E-state index in [0.717, 1.165) is 61.8 Å². The summed E-state index contributed by atoms with van der Waals surface area (Å²) in [6, 6.07) is 44.2. The monoisotopic (exact) mass is 519 g/mol. The highest BCUT2D eigenvalue weighted by Gasteiger charge is 2.39. The van der Waals surface area contributed by atoms with Crippen molar-refractivity contribution in [2.75, 3.05) is 0 Å². The fourth-order valence-electron chi connectivity index (χ4n) is 5.54. The number of benzene rings is 5. The van der Waals surface area contributed by atoms with Crippen LogP contribution in [0.3, 0.4) is 0 Å². The summed E-state index contributed by atoms with van der Waals surface area (Å²) in [4.78, 5) is 4.62. The number of pyridine rings is 1. The molecule has 6 aromatic rings. The van der Waals surface area contributed by atoms with E-state index in [1.807, 2.05) is 36.5 Å². The Balaban J connectivity index is 1.41. The third-order valence-corrected chi connectivity index (χ3v) is 9.84. The van der Waals surface area contributed by atoms with Crippen LogP contribution in [0.25, 0.3) is 33.5 Å². The quantitative estimate of drug-likeness (QED) is 0.221. The van der Waals surface area contributed by atoms with Crippen molar-refractivity contribution in [3.63, 3.8) is 0 Å². The van der Waals surface area contributed by atoms with E-state index in [-0.39, 0.29) is 0 Å². The standard InChI is InChI=1S/C35H22NO2P/c1-3-11-23(12-4-1)26-15-9-18-31-33(26)37-29-21-25(28-17-7-8-20-36-28)22-30-35(29)39(31)32-19-10-16-27(34(32)38-30)24-13-5-2-6-14-24/h1-22H. The molecule has 0 radical (unpaired) electrons.